The molecule has 2 rings (SSSR count). The lowest BCUT2D eigenvalue weighted by atomic mass is 10.0. The van der Waals surface area contributed by atoms with Crippen molar-refractivity contribution in [3.8, 4) is 17.6 Å². The molecule has 114 valence electrons. The molecule has 0 aliphatic rings. The third-order valence-electron chi connectivity index (χ3n) is 3.43. The number of methoxy groups -OCH3 is 1. The molecule has 2 aromatic rings. The molecule has 0 aliphatic heterocycles. The number of aliphatic hydroxyl groups is 1. The van der Waals surface area contributed by atoms with Gasteiger partial charge in [0.2, 0.25) is 0 Å². The minimum Gasteiger partial charge on any atom is -0.497 e. The molecular formula is C19H21NO2. The zero-order valence-electron chi connectivity index (χ0n) is 12.9. The van der Waals surface area contributed by atoms with Gasteiger partial charge in [0.1, 0.15) is 5.75 Å². The van der Waals surface area contributed by atoms with Crippen LogP contribution >= 0.6 is 0 Å². The maximum Gasteiger partial charge on any atom is 0.120 e. The molecule has 2 atom stereocenters. The first-order valence-corrected chi connectivity index (χ1v) is 7.30. The molecule has 3 nitrogen and oxygen atoms in total. The summed E-state index contributed by atoms with van der Waals surface area (Å²) in [4.78, 5) is 0. The molecule has 3 heteroatoms. The quantitative estimate of drug-likeness (QED) is 0.833. The van der Waals surface area contributed by atoms with Crippen LogP contribution in [-0.2, 0) is 0 Å². The lowest BCUT2D eigenvalue weighted by Gasteiger charge is -2.19. The Labute approximate surface area is 131 Å². The van der Waals surface area contributed by atoms with Crippen molar-refractivity contribution in [2.75, 3.05) is 13.7 Å². The number of hydrogen-bond acceptors (Lipinski definition) is 3. The highest BCUT2D eigenvalue weighted by atomic mass is 16.5. The fourth-order valence-corrected chi connectivity index (χ4v) is 2.11. The molecule has 0 bridgehead atoms. The first kappa shape index (κ1) is 16.1. The van der Waals surface area contributed by atoms with E-state index in [0.29, 0.717) is 6.54 Å². The van der Waals surface area contributed by atoms with Crippen LogP contribution in [0.4, 0.5) is 0 Å². The fourth-order valence-electron chi connectivity index (χ4n) is 2.11. The highest BCUT2D eigenvalue weighted by Crippen LogP contribution is 2.15. The fraction of sp³-hybridized carbons (Fsp3) is 0.263. The summed E-state index contributed by atoms with van der Waals surface area (Å²) >= 11 is 0. The predicted octanol–water partition coefficient (Wildman–Crippen LogP) is 2.76. The van der Waals surface area contributed by atoms with Gasteiger partial charge in [0, 0.05) is 11.6 Å². The summed E-state index contributed by atoms with van der Waals surface area (Å²) in [5.74, 6) is 6.94. The molecule has 2 N–H and O–H groups in total. The summed E-state index contributed by atoms with van der Waals surface area (Å²) in [7, 11) is 1.64. The molecular weight excluding hydrogens is 274 g/mol. The van der Waals surface area contributed by atoms with Crippen molar-refractivity contribution in [1.29, 1.82) is 0 Å². The predicted molar refractivity (Wildman–Crippen MR) is 88.7 cm³/mol. The molecule has 0 aliphatic carbocycles. The zero-order valence-corrected chi connectivity index (χ0v) is 12.9. The first-order chi connectivity index (χ1) is 10.7. The van der Waals surface area contributed by atoms with Gasteiger partial charge in [0.25, 0.3) is 0 Å². The van der Waals surface area contributed by atoms with Crippen LogP contribution in [0.2, 0.25) is 0 Å². The van der Waals surface area contributed by atoms with Crippen molar-refractivity contribution in [1.82, 2.24) is 5.32 Å². The Morgan fingerprint density at radius 2 is 1.91 bits per heavy atom. The summed E-state index contributed by atoms with van der Waals surface area (Å²) in [6, 6.07) is 17.2. The number of aliphatic hydroxyl groups excluding tert-OH is 1. The highest BCUT2D eigenvalue weighted by Gasteiger charge is 2.14. The van der Waals surface area contributed by atoms with E-state index in [0.717, 1.165) is 16.9 Å². The second kappa shape index (κ2) is 8.23. The standard InChI is InChI=1S/C19H21NO2/c1-15(19(21)17-10-4-3-5-11-17)20-13-7-9-16-8-6-12-18(14-16)22-2/h3-6,8,10-12,14-15,19-21H,13H2,1-2H3. The van der Waals surface area contributed by atoms with Gasteiger partial charge in [-0.25, -0.2) is 0 Å². The molecule has 22 heavy (non-hydrogen) atoms. The Balaban J connectivity index is 1.87. The smallest absolute Gasteiger partial charge is 0.120 e. The molecule has 0 amide bonds. The Morgan fingerprint density at radius 1 is 1.14 bits per heavy atom. The number of ether oxygens (including phenoxy) is 1. The van der Waals surface area contributed by atoms with Crippen LogP contribution in [0.25, 0.3) is 0 Å². The summed E-state index contributed by atoms with van der Waals surface area (Å²) < 4.78 is 5.16. The van der Waals surface area contributed by atoms with E-state index in [1.54, 1.807) is 7.11 Å². The van der Waals surface area contributed by atoms with E-state index in [2.05, 4.69) is 17.2 Å². The molecule has 2 aromatic carbocycles. The third-order valence-corrected chi connectivity index (χ3v) is 3.43. The van der Waals surface area contributed by atoms with Gasteiger partial charge in [0.05, 0.1) is 19.8 Å². The summed E-state index contributed by atoms with van der Waals surface area (Å²) in [5, 5.41) is 13.5. The summed E-state index contributed by atoms with van der Waals surface area (Å²) in [6.45, 7) is 2.47. The lowest BCUT2D eigenvalue weighted by molar-refractivity contribution is 0.138. The van der Waals surface area contributed by atoms with Crippen LogP contribution < -0.4 is 10.1 Å². The van der Waals surface area contributed by atoms with E-state index in [1.165, 1.54) is 0 Å². The Hall–Kier alpha value is -2.28. The van der Waals surface area contributed by atoms with E-state index in [4.69, 9.17) is 4.74 Å². The van der Waals surface area contributed by atoms with E-state index in [-0.39, 0.29) is 6.04 Å². The van der Waals surface area contributed by atoms with Gasteiger partial charge >= 0.3 is 0 Å². The van der Waals surface area contributed by atoms with Crippen LogP contribution in [0.3, 0.4) is 0 Å². The average Bonchev–Trinajstić information content (AvgIpc) is 2.58. The monoisotopic (exact) mass is 295 g/mol. The molecule has 0 radical (unpaired) electrons. The molecule has 2 unspecified atom stereocenters. The summed E-state index contributed by atoms with van der Waals surface area (Å²) in [5.41, 5.74) is 1.82. The zero-order chi connectivity index (χ0) is 15.8. The van der Waals surface area contributed by atoms with Gasteiger partial charge < -0.3 is 15.2 Å². The Bertz CT molecular complexity index is 643. The van der Waals surface area contributed by atoms with E-state index >= 15 is 0 Å². The van der Waals surface area contributed by atoms with E-state index in [9.17, 15) is 5.11 Å². The molecule has 0 spiro atoms. The van der Waals surface area contributed by atoms with Gasteiger partial charge in [-0.05, 0) is 30.7 Å². The first-order valence-electron chi connectivity index (χ1n) is 7.30. The third kappa shape index (κ3) is 4.63. The van der Waals surface area contributed by atoms with Crippen molar-refractivity contribution in [3.63, 3.8) is 0 Å². The van der Waals surface area contributed by atoms with Gasteiger partial charge in [-0.1, -0.05) is 48.2 Å². The molecule has 0 heterocycles. The van der Waals surface area contributed by atoms with Crippen molar-refractivity contribution in [2.24, 2.45) is 0 Å². The van der Waals surface area contributed by atoms with E-state index < -0.39 is 6.10 Å². The van der Waals surface area contributed by atoms with Crippen LogP contribution in [0.5, 0.6) is 5.75 Å². The molecule has 0 fully saturated rings. The second-order valence-corrected chi connectivity index (χ2v) is 5.06. The number of hydrogen-bond donors (Lipinski definition) is 2. The van der Waals surface area contributed by atoms with Crippen LogP contribution in [0.15, 0.2) is 54.6 Å². The van der Waals surface area contributed by atoms with Gasteiger partial charge in [0.15, 0.2) is 0 Å². The van der Waals surface area contributed by atoms with Crippen molar-refractivity contribution >= 4 is 0 Å². The maximum absolute atomic E-state index is 10.2. The van der Waals surface area contributed by atoms with E-state index in [1.807, 2.05) is 61.5 Å². The Morgan fingerprint density at radius 3 is 2.64 bits per heavy atom. The van der Waals surface area contributed by atoms with Crippen molar-refractivity contribution in [3.05, 3.63) is 65.7 Å². The second-order valence-electron chi connectivity index (χ2n) is 5.06. The van der Waals surface area contributed by atoms with Gasteiger partial charge in [-0.3, -0.25) is 0 Å². The summed E-state index contributed by atoms with van der Waals surface area (Å²) in [6.07, 6.45) is -0.542. The van der Waals surface area contributed by atoms with Crippen LogP contribution in [-0.4, -0.2) is 24.8 Å². The molecule has 0 saturated carbocycles. The highest BCUT2D eigenvalue weighted by molar-refractivity contribution is 5.39. The van der Waals surface area contributed by atoms with Crippen LogP contribution in [0, 0.1) is 11.8 Å². The largest absolute Gasteiger partial charge is 0.497 e. The normalized spacial score (nSPS) is 12.9. The number of rotatable bonds is 5. The molecule has 0 aromatic heterocycles. The minimum absolute atomic E-state index is 0.0676. The van der Waals surface area contributed by atoms with Crippen molar-refractivity contribution in [2.45, 2.75) is 19.1 Å². The topological polar surface area (TPSA) is 41.5 Å². The van der Waals surface area contributed by atoms with Crippen molar-refractivity contribution < 1.29 is 9.84 Å². The number of benzene rings is 2. The number of nitrogens with one attached hydrogen (secondary N) is 1. The van der Waals surface area contributed by atoms with Gasteiger partial charge in [-0.2, -0.15) is 0 Å². The SMILES string of the molecule is COc1cccc(C#CCNC(C)C(O)c2ccccc2)c1. The van der Waals surface area contributed by atoms with Gasteiger partial charge in [-0.15, -0.1) is 0 Å². The minimum atomic E-state index is -0.542. The molecule has 0 saturated heterocycles. The average molecular weight is 295 g/mol. The Kier molecular flexibility index (Phi) is 6.02. The van der Waals surface area contributed by atoms with Crippen LogP contribution in [0.1, 0.15) is 24.2 Å². The maximum atomic E-state index is 10.2. The lowest BCUT2D eigenvalue weighted by Crippen LogP contribution is -2.32.